The fourth-order valence-corrected chi connectivity index (χ4v) is 2.74. The van der Waals surface area contributed by atoms with Gasteiger partial charge in [0.2, 0.25) is 10.5 Å². The van der Waals surface area contributed by atoms with Gasteiger partial charge in [0, 0.05) is 18.1 Å². The molecule has 1 N–H and O–H groups in total. The third-order valence-corrected chi connectivity index (χ3v) is 4.05. The van der Waals surface area contributed by atoms with Gasteiger partial charge in [-0.3, -0.25) is 4.79 Å². The van der Waals surface area contributed by atoms with Crippen molar-refractivity contribution in [3.8, 4) is 28.6 Å². The molecule has 3 aromatic rings. The molecule has 2 aromatic carbocycles. The van der Waals surface area contributed by atoms with Crippen LogP contribution in [0.15, 0.2) is 41.5 Å². The average molecular weight is 416 g/mol. The van der Waals surface area contributed by atoms with Crippen LogP contribution in [0.1, 0.15) is 12.5 Å². The molecule has 0 unspecified atom stereocenters. The predicted molar refractivity (Wildman–Crippen MR) is 107 cm³/mol. The van der Waals surface area contributed by atoms with E-state index in [-0.39, 0.29) is 10.5 Å². The molecule has 0 aliphatic rings. The summed E-state index contributed by atoms with van der Waals surface area (Å²) in [5, 5.41) is 11.1. The van der Waals surface area contributed by atoms with Crippen LogP contribution in [0.4, 0.5) is 4.39 Å². The van der Waals surface area contributed by atoms with Gasteiger partial charge in [0.1, 0.15) is 5.82 Å². The van der Waals surface area contributed by atoms with Gasteiger partial charge in [-0.15, -0.1) is 0 Å². The maximum atomic E-state index is 13.6. The SMILES string of the molecule is COc1cc(/C=N\n2c(-c3cccc(F)c3)n[nH]c2=S)cc(OC)c1OC(C)=O. The Morgan fingerprint density at radius 1 is 1.24 bits per heavy atom. The van der Waals surface area contributed by atoms with E-state index >= 15 is 0 Å². The number of aromatic amines is 1. The number of esters is 1. The number of benzene rings is 2. The monoisotopic (exact) mass is 416 g/mol. The Morgan fingerprint density at radius 2 is 1.93 bits per heavy atom. The highest BCUT2D eigenvalue weighted by atomic mass is 32.1. The summed E-state index contributed by atoms with van der Waals surface area (Å²) in [5.41, 5.74) is 1.10. The van der Waals surface area contributed by atoms with Crippen molar-refractivity contribution in [1.82, 2.24) is 14.9 Å². The van der Waals surface area contributed by atoms with Crippen molar-refractivity contribution in [2.75, 3.05) is 14.2 Å². The van der Waals surface area contributed by atoms with Crippen molar-refractivity contribution in [2.45, 2.75) is 6.92 Å². The molecule has 1 aromatic heterocycles. The van der Waals surface area contributed by atoms with E-state index in [4.69, 9.17) is 26.4 Å². The Labute approximate surface area is 170 Å². The van der Waals surface area contributed by atoms with Gasteiger partial charge in [-0.05, 0) is 36.5 Å². The van der Waals surface area contributed by atoms with E-state index in [1.54, 1.807) is 24.3 Å². The van der Waals surface area contributed by atoms with Gasteiger partial charge < -0.3 is 14.2 Å². The molecule has 0 bridgehead atoms. The summed E-state index contributed by atoms with van der Waals surface area (Å²) in [6.07, 6.45) is 1.50. The molecular formula is C19H17FN4O4S. The molecule has 29 heavy (non-hydrogen) atoms. The van der Waals surface area contributed by atoms with Gasteiger partial charge in [0.15, 0.2) is 17.3 Å². The number of hydrogen-bond acceptors (Lipinski definition) is 7. The molecule has 0 atom stereocenters. The Bertz CT molecular complexity index is 1110. The maximum Gasteiger partial charge on any atom is 0.308 e. The molecule has 3 rings (SSSR count). The summed E-state index contributed by atoms with van der Waals surface area (Å²) in [7, 11) is 2.88. The van der Waals surface area contributed by atoms with Crippen molar-refractivity contribution in [3.63, 3.8) is 0 Å². The molecule has 0 spiro atoms. The third-order valence-electron chi connectivity index (χ3n) is 3.78. The summed E-state index contributed by atoms with van der Waals surface area (Å²) in [6, 6.07) is 9.17. The van der Waals surface area contributed by atoms with Crippen LogP contribution in [-0.4, -0.2) is 41.3 Å². The largest absolute Gasteiger partial charge is 0.493 e. The van der Waals surface area contributed by atoms with E-state index in [9.17, 15) is 9.18 Å². The standard InChI is InChI=1S/C19H17FN4O4S/c1-11(25)28-17-15(26-2)7-12(8-16(17)27-3)10-21-24-18(22-23-19(24)29)13-5-4-6-14(20)9-13/h4-10H,1-3H3,(H,23,29)/b21-10-. The number of rotatable bonds is 6. The Hall–Kier alpha value is -3.53. The number of hydrogen-bond donors (Lipinski definition) is 1. The van der Waals surface area contributed by atoms with Gasteiger partial charge in [-0.25, -0.2) is 9.49 Å². The molecule has 0 aliphatic heterocycles. The number of carbonyl (C=O) groups excluding carboxylic acids is 1. The van der Waals surface area contributed by atoms with E-state index in [1.165, 1.54) is 44.2 Å². The lowest BCUT2D eigenvalue weighted by Crippen LogP contribution is -2.05. The first kappa shape index (κ1) is 20.2. The summed E-state index contributed by atoms with van der Waals surface area (Å²) < 4.78 is 30.9. The Morgan fingerprint density at radius 3 is 2.52 bits per heavy atom. The highest BCUT2D eigenvalue weighted by Crippen LogP contribution is 2.38. The molecule has 8 nitrogen and oxygen atoms in total. The predicted octanol–water partition coefficient (Wildman–Crippen LogP) is 3.57. The number of halogens is 1. The van der Waals surface area contributed by atoms with Gasteiger partial charge >= 0.3 is 5.97 Å². The van der Waals surface area contributed by atoms with Crippen molar-refractivity contribution >= 4 is 24.4 Å². The van der Waals surface area contributed by atoms with Crippen molar-refractivity contribution in [1.29, 1.82) is 0 Å². The molecule has 1 heterocycles. The van der Waals surface area contributed by atoms with Gasteiger partial charge in [-0.2, -0.15) is 14.9 Å². The zero-order valence-electron chi connectivity index (χ0n) is 15.8. The van der Waals surface area contributed by atoms with Crippen LogP contribution < -0.4 is 14.2 Å². The minimum atomic E-state index is -0.507. The minimum absolute atomic E-state index is 0.167. The minimum Gasteiger partial charge on any atom is -0.493 e. The molecule has 0 amide bonds. The zero-order valence-corrected chi connectivity index (χ0v) is 16.6. The molecule has 150 valence electrons. The fraction of sp³-hybridized carbons (Fsp3) is 0.158. The second-order valence-corrected chi connectivity index (χ2v) is 6.15. The molecule has 0 saturated carbocycles. The first-order valence-corrected chi connectivity index (χ1v) is 8.76. The van der Waals surface area contributed by atoms with Crippen LogP contribution in [0.2, 0.25) is 0 Å². The van der Waals surface area contributed by atoms with Crippen LogP contribution in [0, 0.1) is 10.6 Å². The number of aromatic nitrogens is 3. The van der Waals surface area contributed by atoms with E-state index in [0.717, 1.165) is 0 Å². The number of methoxy groups -OCH3 is 2. The van der Waals surface area contributed by atoms with Crippen LogP contribution in [0.5, 0.6) is 17.2 Å². The molecule has 0 fully saturated rings. The number of H-pyrrole nitrogens is 1. The van der Waals surface area contributed by atoms with E-state index in [1.807, 2.05) is 0 Å². The van der Waals surface area contributed by atoms with Crippen molar-refractivity contribution in [2.24, 2.45) is 5.10 Å². The number of nitrogens with one attached hydrogen (secondary N) is 1. The van der Waals surface area contributed by atoms with E-state index in [0.29, 0.717) is 28.5 Å². The highest BCUT2D eigenvalue weighted by Gasteiger charge is 2.16. The van der Waals surface area contributed by atoms with Gasteiger partial charge in [0.25, 0.3) is 0 Å². The Kier molecular flexibility index (Phi) is 6.03. The van der Waals surface area contributed by atoms with Crippen LogP contribution in [0.25, 0.3) is 11.4 Å². The van der Waals surface area contributed by atoms with Crippen molar-refractivity contribution < 1.29 is 23.4 Å². The summed E-state index contributed by atoms with van der Waals surface area (Å²) in [6.45, 7) is 1.28. The molecule has 10 heteroatoms. The molecule has 0 radical (unpaired) electrons. The maximum absolute atomic E-state index is 13.6. The lowest BCUT2D eigenvalue weighted by Gasteiger charge is -2.13. The van der Waals surface area contributed by atoms with Crippen LogP contribution in [0.3, 0.4) is 0 Å². The number of nitrogens with zero attached hydrogens (tertiary/aromatic N) is 3. The van der Waals surface area contributed by atoms with Crippen LogP contribution in [-0.2, 0) is 4.79 Å². The van der Waals surface area contributed by atoms with Gasteiger partial charge in [-0.1, -0.05) is 12.1 Å². The second-order valence-electron chi connectivity index (χ2n) is 5.77. The zero-order chi connectivity index (χ0) is 21.0. The summed E-state index contributed by atoms with van der Waals surface area (Å²) >= 11 is 5.22. The third kappa shape index (κ3) is 4.49. The molecule has 0 saturated heterocycles. The first-order valence-electron chi connectivity index (χ1n) is 8.35. The molecular weight excluding hydrogens is 399 g/mol. The average Bonchev–Trinajstić information content (AvgIpc) is 3.07. The van der Waals surface area contributed by atoms with Crippen LogP contribution >= 0.6 is 12.2 Å². The highest BCUT2D eigenvalue weighted by molar-refractivity contribution is 7.71. The van der Waals surface area contributed by atoms with Crippen molar-refractivity contribution in [3.05, 3.63) is 52.5 Å². The number of carbonyl (C=O) groups is 1. The molecule has 0 aliphatic carbocycles. The summed E-state index contributed by atoms with van der Waals surface area (Å²) in [4.78, 5) is 11.3. The summed E-state index contributed by atoms with van der Waals surface area (Å²) in [5.74, 6) is 0.195. The normalized spacial score (nSPS) is 10.9. The quantitative estimate of drug-likeness (QED) is 0.286. The van der Waals surface area contributed by atoms with E-state index in [2.05, 4.69) is 15.3 Å². The Balaban J connectivity index is 2.02. The first-order chi connectivity index (χ1) is 13.9. The fourth-order valence-electron chi connectivity index (χ4n) is 2.56. The smallest absolute Gasteiger partial charge is 0.308 e. The lowest BCUT2D eigenvalue weighted by molar-refractivity contribution is -0.132. The number of ether oxygens (including phenoxy) is 3. The second kappa shape index (κ2) is 8.65. The van der Waals surface area contributed by atoms with Gasteiger partial charge in [0.05, 0.1) is 20.4 Å². The lowest BCUT2D eigenvalue weighted by atomic mass is 10.2. The van der Waals surface area contributed by atoms with E-state index < -0.39 is 11.8 Å². The topological polar surface area (TPSA) is 90.7 Å².